The van der Waals surface area contributed by atoms with Gasteiger partial charge < -0.3 is 10.6 Å². The van der Waals surface area contributed by atoms with Crippen molar-refractivity contribution in [2.45, 2.75) is 26.7 Å². The summed E-state index contributed by atoms with van der Waals surface area (Å²) in [4.78, 5) is 24.3. The van der Waals surface area contributed by atoms with Gasteiger partial charge >= 0.3 is 0 Å². The molecule has 6 heteroatoms. The number of rotatable bonds is 6. The summed E-state index contributed by atoms with van der Waals surface area (Å²) < 4.78 is 0. The molecule has 0 aromatic heterocycles. The van der Waals surface area contributed by atoms with E-state index in [0.717, 1.165) is 0 Å². The van der Waals surface area contributed by atoms with Crippen molar-refractivity contribution in [2.75, 3.05) is 18.5 Å². The Morgan fingerprint density at radius 3 is 2.15 bits per heavy atom. The van der Waals surface area contributed by atoms with Crippen molar-refractivity contribution in [3.8, 4) is 0 Å². The predicted molar refractivity (Wildman–Crippen MR) is 78.6 cm³/mol. The lowest BCUT2D eigenvalue weighted by Crippen LogP contribution is -2.46. The topological polar surface area (TPSA) is 89.5 Å². The van der Waals surface area contributed by atoms with Gasteiger partial charge in [0, 0.05) is 31.4 Å². The number of anilines is 1. The minimum atomic E-state index is -0.573. The molecule has 6 nitrogen and oxygen atoms in total. The Morgan fingerprint density at radius 2 is 1.80 bits per heavy atom. The Morgan fingerprint density at radius 1 is 1.30 bits per heavy atom. The van der Waals surface area contributed by atoms with E-state index in [9.17, 15) is 14.9 Å². The van der Waals surface area contributed by atoms with Gasteiger partial charge in [0.1, 0.15) is 0 Å². The number of carbonyl (C=O) groups excluding carboxylic acids is 1. The number of nitro benzene ring substituents is 1. The highest BCUT2D eigenvalue weighted by Crippen LogP contribution is 2.30. The van der Waals surface area contributed by atoms with E-state index in [-0.39, 0.29) is 18.1 Å². The maximum atomic E-state index is 12.6. The van der Waals surface area contributed by atoms with E-state index in [1.807, 2.05) is 13.8 Å². The van der Waals surface area contributed by atoms with Crippen LogP contribution in [0, 0.1) is 15.5 Å². The van der Waals surface area contributed by atoms with Crippen molar-refractivity contribution >= 4 is 17.3 Å². The van der Waals surface area contributed by atoms with Crippen LogP contribution in [-0.4, -0.2) is 24.4 Å². The number of hydrogen-bond acceptors (Lipinski definition) is 4. The largest absolute Gasteiger partial charge is 0.329 e. The second-order valence-electron chi connectivity index (χ2n) is 4.83. The number of carbonyl (C=O) groups is 1. The van der Waals surface area contributed by atoms with Crippen LogP contribution in [0.5, 0.6) is 0 Å². The first-order valence-corrected chi connectivity index (χ1v) is 6.64. The number of nitro groups is 1. The predicted octanol–water partition coefficient (Wildman–Crippen LogP) is 2.32. The molecule has 0 spiro atoms. The molecule has 0 fully saturated rings. The molecule has 2 N–H and O–H groups in total. The third-order valence-electron chi connectivity index (χ3n) is 3.95. The summed E-state index contributed by atoms with van der Waals surface area (Å²) in [5.41, 5.74) is 5.83. The number of hydrogen-bond donors (Lipinski definition) is 1. The van der Waals surface area contributed by atoms with Crippen LogP contribution in [0.2, 0.25) is 0 Å². The van der Waals surface area contributed by atoms with Crippen LogP contribution in [-0.2, 0) is 4.79 Å². The average molecular weight is 279 g/mol. The van der Waals surface area contributed by atoms with Gasteiger partial charge in [0.2, 0.25) is 5.91 Å². The van der Waals surface area contributed by atoms with E-state index in [1.54, 1.807) is 19.2 Å². The van der Waals surface area contributed by atoms with Gasteiger partial charge in [-0.2, -0.15) is 0 Å². The normalized spacial score (nSPS) is 11.2. The molecule has 0 saturated heterocycles. The van der Waals surface area contributed by atoms with Crippen LogP contribution < -0.4 is 10.6 Å². The standard InChI is InChI=1S/C14H21N3O3/c1-4-14(5-2,10-15)13(18)16(3)11-6-8-12(9-7-11)17(19)20/h6-9H,4-5,10,15H2,1-3H3. The van der Waals surface area contributed by atoms with Gasteiger partial charge in [0.05, 0.1) is 10.3 Å². The van der Waals surface area contributed by atoms with Gasteiger partial charge in [-0.25, -0.2) is 0 Å². The Bertz CT molecular complexity index is 473. The molecule has 0 saturated carbocycles. The van der Waals surface area contributed by atoms with Crippen LogP contribution in [0.4, 0.5) is 11.4 Å². The van der Waals surface area contributed by atoms with Gasteiger partial charge in [-0.1, -0.05) is 13.8 Å². The molecule has 0 radical (unpaired) electrons. The molecule has 1 amide bonds. The smallest absolute Gasteiger partial charge is 0.269 e. The van der Waals surface area contributed by atoms with Gasteiger partial charge in [-0.05, 0) is 25.0 Å². The molecule has 0 heterocycles. The lowest BCUT2D eigenvalue weighted by molar-refractivity contribution is -0.384. The van der Waals surface area contributed by atoms with E-state index in [1.165, 1.54) is 17.0 Å². The fraction of sp³-hybridized carbons (Fsp3) is 0.500. The molecule has 1 rings (SSSR count). The molecule has 0 bridgehead atoms. The fourth-order valence-corrected chi connectivity index (χ4v) is 2.20. The SMILES string of the molecule is CCC(CC)(CN)C(=O)N(C)c1ccc([N+](=O)[O-])cc1. The van der Waals surface area contributed by atoms with Gasteiger partial charge in [-0.3, -0.25) is 14.9 Å². The molecule has 1 aromatic rings. The first-order chi connectivity index (χ1) is 9.41. The Kier molecular flexibility index (Phi) is 5.21. The maximum absolute atomic E-state index is 12.6. The highest BCUT2D eigenvalue weighted by molar-refractivity contribution is 5.97. The van der Waals surface area contributed by atoms with E-state index >= 15 is 0 Å². The van der Waals surface area contributed by atoms with Crippen molar-refractivity contribution in [3.05, 3.63) is 34.4 Å². The Balaban J connectivity index is 3.01. The number of amides is 1. The van der Waals surface area contributed by atoms with E-state index in [4.69, 9.17) is 5.73 Å². The Hall–Kier alpha value is -1.95. The van der Waals surface area contributed by atoms with Crippen LogP contribution in [0.3, 0.4) is 0 Å². The highest BCUT2D eigenvalue weighted by Gasteiger charge is 2.36. The molecule has 110 valence electrons. The fourth-order valence-electron chi connectivity index (χ4n) is 2.20. The minimum Gasteiger partial charge on any atom is -0.329 e. The molecule has 0 aliphatic carbocycles. The molecule has 1 aromatic carbocycles. The third kappa shape index (κ3) is 2.96. The minimum absolute atomic E-state index is 0.00525. The lowest BCUT2D eigenvalue weighted by atomic mass is 9.81. The van der Waals surface area contributed by atoms with E-state index in [0.29, 0.717) is 18.5 Å². The van der Waals surface area contributed by atoms with Gasteiger partial charge in [0.25, 0.3) is 5.69 Å². The van der Waals surface area contributed by atoms with Crippen LogP contribution in [0.25, 0.3) is 0 Å². The molecule has 0 unspecified atom stereocenters. The summed E-state index contributed by atoms with van der Waals surface area (Å²) in [6.07, 6.45) is 1.33. The van der Waals surface area contributed by atoms with Crippen LogP contribution >= 0.6 is 0 Å². The second kappa shape index (κ2) is 6.47. The molecular formula is C14H21N3O3. The summed E-state index contributed by atoms with van der Waals surface area (Å²) in [6.45, 7) is 4.17. The summed E-state index contributed by atoms with van der Waals surface area (Å²) in [5, 5.41) is 10.6. The van der Waals surface area contributed by atoms with Crippen molar-refractivity contribution in [1.29, 1.82) is 0 Å². The first kappa shape index (κ1) is 16.1. The van der Waals surface area contributed by atoms with Gasteiger partial charge in [-0.15, -0.1) is 0 Å². The van der Waals surface area contributed by atoms with E-state index in [2.05, 4.69) is 0 Å². The lowest BCUT2D eigenvalue weighted by Gasteiger charge is -2.33. The van der Waals surface area contributed by atoms with Crippen molar-refractivity contribution in [3.63, 3.8) is 0 Å². The average Bonchev–Trinajstić information content (AvgIpc) is 2.48. The molecule has 20 heavy (non-hydrogen) atoms. The molecule has 0 atom stereocenters. The number of nitrogens with two attached hydrogens (primary N) is 1. The maximum Gasteiger partial charge on any atom is 0.269 e. The number of non-ortho nitro benzene ring substituents is 1. The van der Waals surface area contributed by atoms with Crippen LogP contribution in [0.15, 0.2) is 24.3 Å². The Labute approximate surface area is 118 Å². The van der Waals surface area contributed by atoms with Crippen molar-refractivity contribution < 1.29 is 9.72 Å². The zero-order valence-corrected chi connectivity index (χ0v) is 12.1. The molecule has 0 aliphatic heterocycles. The quantitative estimate of drug-likeness (QED) is 0.639. The molecule has 0 aliphatic rings. The summed E-state index contributed by atoms with van der Waals surface area (Å²) in [7, 11) is 1.67. The van der Waals surface area contributed by atoms with Crippen molar-refractivity contribution in [1.82, 2.24) is 0 Å². The van der Waals surface area contributed by atoms with E-state index < -0.39 is 10.3 Å². The van der Waals surface area contributed by atoms with Gasteiger partial charge in [0.15, 0.2) is 0 Å². The number of nitrogens with zero attached hydrogens (tertiary/aromatic N) is 2. The third-order valence-corrected chi connectivity index (χ3v) is 3.95. The van der Waals surface area contributed by atoms with Crippen LogP contribution in [0.1, 0.15) is 26.7 Å². The zero-order chi connectivity index (χ0) is 15.3. The second-order valence-corrected chi connectivity index (χ2v) is 4.83. The summed E-state index contributed by atoms with van der Waals surface area (Å²) in [5.74, 6) is -0.0566. The summed E-state index contributed by atoms with van der Waals surface area (Å²) >= 11 is 0. The molecular weight excluding hydrogens is 258 g/mol. The highest BCUT2D eigenvalue weighted by atomic mass is 16.6. The first-order valence-electron chi connectivity index (χ1n) is 6.64. The number of benzene rings is 1. The van der Waals surface area contributed by atoms with Crippen molar-refractivity contribution in [2.24, 2.45) is 11.1 Å². The summed E-state index contributed by atoms with van der Waals surface area (Å²) in [6, 6.07) is 5.92. The monoisotopic (exact) mass is 279 g/mol. The zero-order valence-electron chi connectivity index (χ0n) is 12.1.